The third-order valence-corrected chi connectivity index (χ3v) is 3.84. The number of nitrogen functional groups attached to an aromatic ring is 1. The third-order valence-electron chi connectivity index (χ3n) is 3.84. The number of carbonyl (C=O) groups is 1. The molecule has 0 bridgehead atoms. The maximum absolute atomic E-state index is 13.8. The molecule has 0 radical (unpaired) electrons. The second kappa shape index (κ2) is 6.54. The van der Waals surface area contributed by atoms with E-state index in [-0.39, 0.29) is 11.7 Å². The number of hydrogen-bond donors (Lipinski definition) is 2. The van der Waals surface area contributed by atoms with Gasteiger partial charge in [0, 0.05) is 5.56 Å². The molecule has 0 heterocycles. The molecule has 0 aliphatic carbocycles. The Morgan fingerprint density at radius 2 is 1.62 bits per heavy atom. The minimum absolute atomic E-state index is 0.241. The van der Waals surface area contributed by atoms with Gasteiger partial charge in [-0.05, 0) is 53.9 Å². The Morgan fingerprint density at radius 3 is 2.33 bits per heavy atom. The Bertz CT molecular complexity index is 891. The van der Waals surface area contributed by atoms with Crippen molar-refractivity contribution in [3.05, 3.63) is 83.7 Å². The van der Waals surface area contributed by atoms with E-state index in [9.17, 15) is 9.18 Å². The summed E-state index contributed by atoms with van der Waals surface area (Å²) in [4.78, 5) is 12.3. The summed E-state index contributed by atoms with van der Waals surface area (Å²) >= 11 is 0. The Labute approximate surface area is 139 Å². The van der Waals surface area contributed by atoms with Crippen molar-refractivity contribution in [2.75, 3.05) is 11.1 Å². The van der Waals surface area contributed by atoms with E-state index in [1.54, 1.807) is 55.5 Å². The molecular weight excluding hydrogens is 303 g/mol. The van der Waals surface area contributed by atoms with Crippen LogP contribution in [0.2, 0.25) is 0 Å². The van der Waals surface area contributed by atoms with Crippen LogP contribution in [0.15, 0.2) is 66.7 Å². The minimum atomic E-state index is -0.265. The standard InChI is InChI=1S/C20H17FN2O/c1-13-7-8-15(11-17(13)21)16-9-10-18(22)19(12-16)23-20(24)14-5-3-2-4-6-14/h2-12H,22H2,1H3,(H,23,24). The van der Waals surface area contributed by atoms with Crippen LogP contribution >= 0.6 is 0 Å². The highest BCUT2D eigenvalue weighted by Gasteiger charge is 2.10. The predicted molar refractivity (Wildman–Crippen MR) is 95.4 cm³/mol. The van der Waals surface area contributed by atoms with Crippen LogP contribution in [-0.2, 0) is 0 Å². The maximum atomic E-state index is 13.8. The van der Waals surface area contributed by atoms with Gasteiger partial charge in [-0.25, -0.2) is 4.39 Å². The molecule has 3 N–H and O–H groups in total. The predicted octanol–water partition coefficient (Wildman–Crippen LogP) is 4.64. The first-order chi connectivity index (χ1) is 11.5. The summed E-state index contributed by atoms with van der Waals surface area (Å²) in [6.07, 6.45) is 0. The molecule has 24 heavy (non-hydrogen) atoms. The maximum Gasteiger partial charge on any atom is 0.255 e. The average Bonchev–Trinajstić information content (AvgIpc) is 2.60. The second-order valence-corrected chi connectivity index (χ2v) is 5.59. The van der Waals surface area contributed by atoms with E-state index in [4.69, 9.17) is 5.73 Å². The minimum Gasteiger partial charge on any atom is -0.397 e. The fourth-order valence-corrected chi connectivity index (χ4v) is 2.40. The summed E-state index contributed by atoms with van der Waals surface area (Å²) < 4.78 is 13.8. The number of carbonyl (C=O) groups excluding carboxylic acids is 1. The van der Waals surface area contributed by atoms with E-state index >= 15 is 0 Å². The lowest BCUT2D eigenvalue weighted by molar-refractivity contribution is 0.102. The van der Waals surface area contributed by atoms with Gasteiger partial charge in [-0.15, -0.1) is 0 Å². The zero-order valence-electron chi connectivity index (χ0n) is 13.2. The van der Waals surface area contributed by atoms with Crippen LogP contribution in [0.3, 0.4) is 0 Å². The molecule has 0 unspecified atom stereocenters. The van der Waals surface area contributed by atoms with Crippen molar-refractivity contribution in [1.29, 1.82) is 0 Å². The van der Waals surface area contributed by atoms with Crippen molar-refractivity contribution in [1.82, 2.24) is 0 Å². The zero-order chi connectivity index (χ0) is 17.1. The van der Waals surface area contributed by atoms with Crippen molar-refractivity contribution < 1.29 is 9.18 Å². The normalized spacial score (nSPS) is 10.4. The van der Waals surface area contributed by atoms with Crippen LogP contribution in [0.4, 0.5) is 15.8 Å². The Hall–Kier alpha value is -3.14. The zero-order valence-corrected chi connectivity index (χ0v) is 13.2. The Balaban J connectivity index is 1.92. The number of amides is 1. The number of rotatable bonds is 3. The van der Waals surface area contributed by atoms with Crippen LogP contribution in [-0.4, -0.2) is 5.91 Å². The van der Waals surface area contributed by atoms with Gasteiger partial charge >= 0.3 is 0 Å². The quantitative estimate of drug-likeness (QED) is 0.691. The van der Waals surface area contributed by atoms with Gasteiger partial charge in [-0.2, -0.15) is 0 Å². The number of nitrogens with two attached hydrogens (primary N) is 1. The van der Waals surface area contributed by atoms with Gasteiger partial charge in [0.2, 0.25) is 0 Å². The Kier molecular flexibility index (Phi) is 4.29. The number of anilines is 2. The lowest BCUT2D eigenvalue weighted by Gasteiger charge is -2.11. The van der Waals surface area contributed by atoms with Gasteiger partial charge in [-0.3, -0.25) is 4.79 Å². The molecule has 0 spiro atoms. The van der Waals surface area contributed by atoms with E-state index in [0.717, 1.165) is 11.1 Å². The van der Waals surface area contributed by atoms with E-state index in [1.807, 2.05) is 12.1 Å². The third kappa shape index (κ3) is 3.27. The molecule has 3 aromatic carbocycles. The van der Waals surface area contributed by atoms with E-state index < -0.39 is 0 Å². The van der Waals surface area contributed by atoms with Crippen LogP contribution in [0.1, 0.15) is 15.9 Å². The van der Waals surface area contributed by atoms with Gasteiger partial charge in [0.15, 0.2) is 0 Å². The van der Waals surface area contributed by atoms with Gasteiger partial charge in [0.05, 0.1) is 11.4 Å². The molecule has 4 heteroatoms. The first-order valence-corrected chi connectivity index (χ1v) is 7.57. The molecular formula is C20H17FN2O. The number of benzene rings is 3. The van der Waals surface area contributed by atoms with Crippen molar-refractivity contribution in [3.8, 4) is 11.1 Å². The SMILES string of the molecule is Cc1ccc(-c2ccc(N)c(NC(=O)c3ccccc3)c2)cc1F. The molecule has 0 aliphatic heterocycles. The summed E-state index contributed by atoms with van der Waals surface area (Å²) in [5.74, 6) is -0.506. The molecule has 0 saturated carbocycles. The highest BCUT2D eigenvalue weighted by molar-refractivity contribution is 6.06. The fraction of sp³-hybridized carbons (Fsp3) is 0.0500. The Morgan fingerprint density at radius 1 is 0.958 bits per heavy atom. The van der Waals surface area contributed by atoms with Gasteiger partial charge in [0.25, 0.3) is 5.91 Å². The lowest BCUT2D eigenvalue weighted by atomic mass is 10.0. The monoisotopic (exact) mass is 320 g/mol. The summed E-state index contributed by atoms with van der Waals surface area (Å²) in [7, 11) is 0. The van der Waals surface area contributed by atoms with Crippen LogP contribution in [0.25, 0.3) is 11.1 Å². The molecule has 0 fully saturated rings. The molecule has 0 aromatic heterocycles. The van der Waals surface area contributed by atoms with E-state index in [0.29, 0.717) is 22.5 Å². The van der Waals surface area contributed by atoms with Crippen molar-refractivity contribution >= 4 is 17.3 Å². The molecule has 3 aromatic rings. The first-order valence-electron chi connectivity index (χ1n) is 7.57. The van der Waals surface area contributed by atoms with E-state index in [2.05, 4.69) is 5.32 Å². The molecule has 0 aliphatic rings. The van der Waals surface area contributed by atoms with Crippen molar-refractivity contribution in [2.45, 2.75) is 6.92 Å². The molecule has 0 saturated heterocycles. The second-order valence-electron chi connectivity index (χ2n) is 5.59. The number of nitrogens with one attached hydrogen (secondary N) is 1. The molecule has 3 rings (SSSR count). The summed E-state index contributed by atoms with van der Waals surface area (Å²) in [6.45, 7) is 1.72. The number of aryl methyl sites for hydroxylation is 1. The molecule has 0 atom stereocenters. The van der Waals surface area contributed by atoms with Gasteiger partial charge in [-0.1, -0.05) is 36.4 Å². The summed E-state index contributed by atoms with van der Waals surface area (Å²) in [5, 5.41) is 2.80. The van der Waals surface area contributed by atoms with E-state index in [1.165, 1.54) is 6.07 Å². The van der Waals surface area contributed by atoms with Crippen LogP contribution in [0, 0.1) is 12.7 Å². The highest BCUT2D eigenvalue weighted by atomic mass is 19.1. The topological polar surface area (TPSA) is 55.1 Å². The van der Waals surface area contributed by atoms with Crippen LogP contribution in [0.5, 0.6) is 0 Å². The summed E-state index contributed by atoms with van der Waals surface area (Å²) in [6, 6.07) is 19.2. The smallest absolute Gasteiger partial charge is 0.255 e. The number of halogens is 1. The van der Waals surface area contributed by atoms with Crippen molar-refractivity contribution in [3.63, 3.8) is 0 Å². The number of hydrogen-bond acceptors (Lipinski definition) is 2. The van der Waals surface area contributed by atoms with Crippen molar-refractivity contribution in [2.24, 2.45) is 0 Å². The lowest BCUT2D eigenvalue weighted by Crippen LogP contribution is -2.13. The molecule has 1 amide bonds. The highest BCUT2D eigenvalue weighted by Crippen LogP contribution is 2.28. The molecule has 3 nitrogen and oxygen atoms in total. The summed E-state index contributed by atoms with van der Waals surface area (Å²) in [5.41, 5.74) is 9.56. The first kappa shape index (κ1) is 15.7. The van der Waals surface area contributed by atoms with Gasteiger partial charge in [0.1, 0.15) is 5.82 Å². The fourth-order valence-electron chi connectivity index (χ4n) is 2.40. The van der Waals surface area contributed by atoms with Gasteiger partial charge < -0.3 is 11.1 Å². The van der Waals surface area contributed by atoms with Crippen LogP contribution < -0.4 is 11.1 Å². The average molecular weight is 320 g/mol. The largest absolute Gasteiger partial charge is 0.397 e. The molecule has 120 valence electrons.